The zero-order valence-electron chi connectivity index (χ0n) is 14.5. The number of pyridine rings is 1. The number of carbonyl (C=O) groups excluding carboxylic acids is 3. The van der Waals surface area contributed by atoms with Crippen LogP contribution in [0.5, 0.6) is 0 Å². The first-order chi connectivity index (χ1) is 13.0. The van der Waals surface area contributed by atoms with E-state index in [0.717, 1.165) is 16.5 Å². The van der Waals surface area contributed by atoms with Crippen LogP contribution < -0.4 is 0 Å². The van der Waals surface area contributed by atoms with E-state index < -0.39 is 42.2 Å². The van der Waals surface area contributed by atoms with Gasteiger partial charge >= 0.3 is 6.09 Å². The summed E-state index contributed by atoms with van der Waals surface area (Å²) < 4.78 is 19.3. The minimum atomic E-state index is -1.10. The highest BCUT2D eigenvalue weighted by molar-refractivity contribution is 6.10. The lowest BCUT2D eigenvalue weighted by atomic mass is 10.0. The minimum Gasteiger partial charge on any atom is -0.439 e. The van der Waals surface area contributed by atoms with Crippen molar-refractivity contribution < 1.29 is 23.5 Å². The summed E-state index contributed by atoms with van der Waals surface area (Å²) in [5.74, 6) is -2.92. The van der Waals surface area contributed by atoms with Crippen LogP contribution >= 0.6 is 0 Å². The number of amides is 2. The van der Waals surface area contributed by atoms with Crippen molar-refractivity contribution in [3.63, 3.8) is 0 Å². The Bertz CT molecular complexity index is 883. The van der Waals surface area contributed by atoms with Gasteiger partial charge in [-0.25, -0.2) is 14.1 Å². The number of hydrogen-bond acceptors (Lipinski definition) is 5. The van der Waals surface area contributed by atoms with Crippen LogP contribution in [0, 0.1) is 0 Å². The largest absolute Gasteiger partial charge is 0.439 e. The van der Waals surface area contributed by atoms with Crippen LogP contribution in [0.1, 0.15) is 30.7 Å². The number of hydrogen-bond donors (Lipinski definition) is 0. The molecule has 1 saturated heterocycles. The molecule has 0 aliphatic carbocycles. The van der Waals surface area contributed by atoms with Crippen molar-refractivity contribution in [2.45, 2.75) is 25.5 Å². The van der Waals surface area contributed by atoms with Gasteiger partial charge in [-0.3, -0.25) is 14.6 Å². The summed E-state index contributed by atoms with van der Waals surface area (Å²) in [6.07, 6.45) is 0.167. The van der Waals surface area contributed by atoms with Gasteiger partial charge in [-0.1, -0.05) is 36.4 Å². The molecule has 7 heteroatoms. The molecule has 2 atom stereocenters. The maximum Gasteiger partial charge on any atom is 0.417 e. The van der Waals surface area contributed by atoms with Crippen LogP contribution in [0.3, 0.4) is 0 Å². The molecule has 3 rings (SSSR count). The molecule has 0 spiro atoms. The number of aromatic nitrogens is 1. The van der Waals surface area contributed by atoms with E-state index in [1.807, 2.05) is 6.07 Å². The predicted molar refractivity (Wildman–Crippen MR) is 94.9 cm³/mol. The second-order valence-corrected chi connectivity index (χ2v) is 6.07. The van der Waals surface area contributed by atoms with Gasteiger partial charge in [-0.2, -0.15) is 0 Å². The van der Waals surface area contributed by atoms with Crippen molar-refractivity contribution in [1.82, 2.24) is 9.88 Å². The van der Waals surface area contributed by atoms with E-state index in [2.05, 4.69) is 4.98 Å². The summed E-state index contributed by atoms with van der Waals surface area (Å²) in [4.78, 5) is 41.3. The van der Waals surface area contributed by atoms with E-state index in [1.165, 1.54) is 12.3 Å². The predicted octanol–water partition coefficient (Wildman–Crippen LogP) is 3.46. The summed E-state index contributed by atoms with van der Waals surface area (Å²) >= 11 is 0. The third-order valence-electron chi connectivity index (χ3n) is 4.21. The van der Waals surface area contributed by atoms with E-state index in [4.69, 9.17) is 4.74 Å². The quantitative estimate of drug-likeness (QED) is 0.597. The standard InChI is InChI=1S/C20H17FN2O4/c1-13-19(14-7-3-2-4-8-14)27-20(26)23(13)18(25)12-17(24)16(21)11-15-9-5-6-10-22-15/h2-11,13,19H,12H2,1H3/t13-,19-/m0/s1. The van der Waals surface area contributed by atoms with Gasteiger partial charge in [0.05, 0.1) is 18.2 Å². The fourth-order valence-corrected chi connectivity index (χ4v) is 2.86. The molecule has 0 unspecified atom stereocenters. The van der Waals surface area contributed by atoms with Crippen molar-refractivity contribution in [1.29, 1.82) is 0 Å². The lowest BCUT2D eigenvalue weighted by Crippen LogP contribution is -2.38. The maximum absolute atomic E-state index is 14.1. The van der Waals surface area contributed by atoms with Gasteiger partial charge in [0.1, 0.15) is 6.10 Å². The maximum atomic E-state index is 14.1. The average Bonchev–Trinajstić information content (AvgIpc) is 2.97. The highest BCUT2D eigenvalue weighted by atomic mass is 19.1. The van der Waals surface area contributed by atoms with Crippen molar-refractivity contribution in [3.05, 3.63) is 71.8 Å². The smallest absolute Gasteiger partial charge is 0.417 e. The lowest BCUT2D eigenvalue weighted by Gasteiger charge is -2.18. The molecular weight excluding hydrogens is 351 g/mol. The van der Waals surface area contributed by atoms with E-state index in [-0.39, 0.29) is 5.69 Å². The molecule has 0 N–H and O–H groups in total. The third kappa shape index (κ3) is 4.08. The molecule has 6 nitrogen and oxygen atoms in total. The number of allylic oxidation sites excluding steroid dienone is 1. The molecule has 1 aromatic heterocycles. The Morgan fingerprint density at radius 3 is 2.56 bits per heavy atom. The van der Waals surface area contributed by atoms with Crippen LogP contribution in [-0.4, -0.2) is 33.7 Å². The number of cyclic esters (lactones) is 1. The molecule has 0 saturated carbocycles. The minimum absolute atomic E-state index is 0.258. The SMILES string of the molecule is C[C@H]1[C@@H](c2ccccc2)OC(=O)N1C(=O)CC(=O)C(F)=Cc1ccccn1. The molecule has 138 valence electrons. The van der Waals surface area contributed by atoms with Crippen LogP contribution in [-0.2, 0) is 14.3 Å². The number of rotatable bonds is 5. The van der Waals surface area contributed by atoms with Gasteiger partial charge in [0.15, 0.2) is 5.83 Å². The Morgan fingerprint density at radius 2 is 1.89 bits per heavy atom. The Balaban J connectivity index is 1.69. The highest BCUT2D eigenvalue weighted by Gasteiger charge is 2.43. The second kappa shape index (κ2) is 7.90. The zero-order valence-corrected chi connectivity index (χ0v) is 14.5. The summed E-state index contributed by atoms with van der Waals surface area (Å²) in [6.45, 7) is 1.64. The topological polar surface area (TPSA) is 76.6 Å². The Hall–Kier alpha value is -3.35. The van der Waals surface area contributed by atoms with Gasteiger partial charge in [0.25, 0.3) is 0 Å². The third-order valence-corrected chi connectivity index (χ3v) is 4.21. The van der Waals surface area contributed by atoms with E-state index >= 15 is 0 Å². The molecule has 1 fully saturated rings. The van der Waals surface area contributed by atoms with Crippen LogP contribution in [0.15, 0.2) is 60.6 Å². The number of nitrogens with zero attached hydrogens (tertiary/aromatic N) is 2. The first-order valence-corrected chi connectivity index (χ1v) is 8.36. The fraction of sp³-hybridized carbons (Fsp3) is 0.200. The molecule has 2 heterocycles. The number of carbonyl (C=O) groups is 3. The second-order valence-electron chi connectivity index (χ2n) is 6.07. The van der Waals surface area contributed by atoms with Crippen LogP contribution in [0.25, 0.3) is 6.08 Å². The Morgan fingerprint density at radius 1 is 1.19 bits per heavy atom. The highest BCUT2D eigenvalue weighted by Crippen LogP contribution is 2.32. The van der Waals surface area contributed by atoms with Crippen molar-refractivity contribution in [2.24, 2.45) is 0 Å². The molecule has 2 aromatic rings. The van der Waals surface area contributed by atoms with E-state index in [1.54, 1.807) is 43.3 Å². The fourth-order valence-electron chi connectivity index (χ4n) is 2.86. The van der Waals surface area contributed by atoms with Gasteiger partial charge in [-0.15, -0.1) is 0 Å². The first kappa shape index (κ1) is 18.4. The zero-order chi connectivity index (χ0) is 19.4. The normalized spacial score (nSPS) is 19.7. The first-order valence-electron chi connectivity index (χ1n) is 8.36. The van der Waals surface area contributed by atoms with Gasteiger partial charge < -0.3 is 4.74 Å². The number of ketones is 1. The molecular formula is C20H17FN2O4. The molecule has 1 aliphatic heterocycles. The van der Waals surface area contributed by atoms with Gasteiger partial charge in [0.2, 0.25) is 11.7 Å². The summed E-state index contributed by atoms with van der Waals surface area (Å²) in [5, 5.41) is 0. The number of halogens is 1. The van der Waals surface area contributed by atoms with Crippen molar-refractivity contribution in [3.8, 4) is 0 Å². The molecule has 2 amide bonds. The Kier molecular flexibility index (Phi) is 5.40. The molecule has 1 aliphatic rings. The van der Waals surface area contributed by atoms with Gasteiger partial charge in [0, 0.05) is 12.3 Å². The summed E-state index contributed by atoms with van der Waals surface area (Å²) in [6, 6.07) is 13.2. The van der Waals surface area contributed by atoms with Gasteiger partial charge in [-0.05, 0) is 24.6 Å². The molecule has 27 heavy (non-hydrogen) atoms. The summed E-state index contributed by atoms with van der Waals surface area (Å²) in [5.41, 5.74) is 0.995. The molecule has 0 bridgehead atoms. The Labute approximate surface area is 155 Å². The van der Waals surface area contributed by atoms with E-state index in [0.29, 0.717) is 0 Å². The number of Topliss-reactive ketones (excluding diaryl/α,β-unsaturated/α-hetero) is 1. The molecule has 0 radical (unpaired) electrons. The van der Waals surface area contributed by atoms with Crippen LogP contribution in [0.4, 0.5) is 9.18 Å². The monoisotopic (exact) mass is 368 g/mol. The van der Waals surface area contributed by atoms with E-state index in [9.17, 15) is 18.8 Å². The van der Waals surface area contributed by atoms with Crippen molar-refractivity contribution in [2.75, 3.05) is 0 Å². The average molecular weight is 368 g/mol. The number of ether oxygens (including phenoxy) is 1. The molecule has 1 aromatic carbocycles. The van der Waals surface area contributed by atoms with Crippen molar-refractivity contribution >= 4 is 23.9 Å². The lowest BCUT2D eigenvalue weighted by molar-refractivity contribution is -0.133. The summed E-state index contributed by atoms with van der Waals surface area (Å²) in [7, 11) is 0. The number of benzene rings is 1. The number of imide groups is 1. The van der Waals surface area contributed by atoms with Crippen LogP contribution in [0.2, 0.25) is 0 Å².